The van der Waals surface area contributed by atoms with Crippen molar-refractivity contribution in [2.24, 2.45) is 0 Å². The van der Waals surface area contributed by atoms with Gasteiger partial charge < -0.3 is 10.1 Å². The summed E-state index contributed by atoms with van der Waals surface area (Å²) in [5, 5.41) is 2.69. The summed E-state index contributed by atoms with van der Waals surface area (Å²) in [6, 6.07) is 18.8. The van der Waals surface area contributed by atoms with Gasteiger partial charge in [-0.15, -0.1) is 0 Å². The second kappa shape index (κ2) is 12.2. The smallest absolute Gasteiger partial charge is 0.264 e. The van der Waals surface area contributed by atoms with Gasteiger partial charge in [-0.2, -0.15) is 4.31 Å². The third-order valence-corrected chi connectivity index (χ3v) is 10.3. The average molecular weight is 572 g/mol. The third-order valence-electron chi connectivity index (χ3n) is 6.63. The highest BCUT2D eigenvalue weighted by Gasteiger charge is 2.28. The molecule has 9 nitrogen and oxygen atoms in total. The number of nitrogens with one attached hydrogen (secondary N) is 1. The summed E-state index contributed by atoms with van der Waals surface area (Å²) in [5.74, 6) is -0.0185. The molecule has 0 unspecified atom stereocenters. The predicted octanol–water partition coefficient (Wildman–Crippen LogP) is 4.40. The Bertz CT molecular complexity index is 1500. The van der Waals surface area contributed by atoms with Crippen LogP contribution < -0.4 is 14.4 Å². The number of para-hydroxylation sites is 1. The van der Waals surface area contributed by atoms with Crippen molar-refractivity contribution in [3.8, 4) is 5.75 Å². The lowest BCUT2D eigenvalue weighted by Crippen LogP contribution is -2.38. The van der Waals surface area contributed by atoms with Crippen molar-refractivity contribution in [2.75, 3.05) is 36.4 Å². The number of aryl methyl sites for hydroxylation is 1. The second-order valence-corrected chi connectivity index (χ2v) is 13.2. The Morgan fingerprint density at radius 1 is 0.872 bits per heavy atom. The molecule has 0 atom stereocenters. The van der Waals surface area contributed by atoms with Crippen molar-refractivity contribution < 1.29 is 26.4 Å². The van der Waals surface area contributed by atoms with Gasteiger partial charge in [0.1, 0.15) is 12.3 Å². The fourth-order valence-corrected chi connectivity index (χ4v) is 7.54. The Kier molecular flexibility index (Phi) is 8.94. The molecule has 208 valence electrons. The fourth-order valence-electron chi connectivity index (χ4n) is 4.52. The van der Waals surface area contributed by atoms with E-state index in [1.165, 1.54) is 47.8 Å². The number of carbonyl (C=O) groups is 1. The Morgan fingerprint density at radius 3 is 2.08 bits per heavy atom. The molecule has 1 amide bonds. The Hall–Kier alpha value is -3.41. The van der Waals surface area contributed by atoms with E-state index >= 15 is 0 Å². The van der Waals surface area contributed by atoms with Crippen molar-refractivity contribution in [2.45, 2.75) is 42.4 Å². The first kappa shape index (κ1) is 28.6. The minimum atomic E-state index is -4.10. The number of rotatable bonds is 9. The van der Waals surface area contributed by atoms with E-state index in [-0.39, 0.29) is 9.79 Å². The molecule has 1 N–H and O–H groups in total. The van der Waals surface area contributed by atoms with Gasteiger partial charge in [-0.05, 0) is 79.9 Å². The van der Waals surface area contributed by atoms with Gasteiger partial charge in [-0.3, -0.25) is 9.10 Å². The van der Waals surface area contributed by atoms with E-state index in [9.17, 15) is 21.6 Å². The quantitative estimate of drug-likeness (QED) is 0.407. The largest absolute Gasteiger partial charge is 0.496 e. The van der Waals surface area contributed by atoms with Crippen LogP contribution in [0.25, 0.3) is 0 Å². The number of carbonyl (C=O) groups excluding carboxylic acids is 1. The monoisotopic (exact) mass is 571 g/mol. The van der Waals surface area contributed by atoms with Crippen LogP contribution in [0.2, 0.25) is 0 Å². The molecule has 1 fully saturated rings. The highest BCUT2D eigenvalue weighted by molar-refractivity contribution is 7.92. The molecule has 39 heavy (non-hydrogen) atoms. The van der Waals surface area contributed by atoms with Gasteiger partial charge >= 0.3 is 0 Å². The molecule has 1 heterocycles. The molecule has 3 aromatic rings. The highest BCUT2D eigenvalue weighted by Crippen LogP contribution is 2.28. The van der Waals surface area contributed by atoms with Gasteiger partial charge in [0.2, 0.25) is 15.9 Å². The van der Waals surface area contributed by atoms with Crippen LogP contribution in [0.1, 0.15) is 31.2 Å². The van der Waals surface area contributed by atoms with E-state index in [2.05, 4.69) is 5.32 Å². The van der Waals surface area contributed by atoms with Gasteiger partial charge in [-0.1, -0.05) is 31.0 Å². The molecule has 0 bridgehead atoms. The van der Waals surface area contributed by atoms with E-state index in [4.69, 9.17) is 4.74 Å². The van der Waals surface area contributed by atoms with E-state index in [0.717, 1.165) is 30.0 Å². The summed E-state index contributed by atoms with van der Waals surface area (Å²) in [4.78, 5) is 13.2. The number of sulfonamides is 2. The number of methoxy groups -OCH3 is 1. The zero-order valence-electron chi connectivity index (χ0n) is 22.0. The predicted molar refractivity (Wildman–Crippen MR) is 151 cm³/mol. The third kappa shape index (κ3) is 6.60. The number of hydrogen-bond donors (Lipinski definition) is 1. The standard InChI is InChI=1S/C28H33N3O6S2/c1-22-20-26(16-17-27(22)37-2)39(35,36)31(24-10-6-5-7-11-24)21-28(32)29-23-12-14-25(15-13-23)38(33,34)30-18-8-3-4-9-19-30/h5-7,10-17,20H,3-4,8-9,18-19,21H2,1-2H3,(H,29,32). The van der Waals surface area contributed by atoms with Crippen LogP contribution in [0.15, 0.2) is 82.6 Å². The van der Waals surface area contributed by atoms with Gasteiger partial charge in [-0.25, -0.2) is 16.8 Å². The van der Waals surface area contributed by atoms with Crippen molar-refractivity contribution in [3.05, 3.63) is 78.4 Å². The number of nitrogens with zero attached hydrogens (tertiary/aromatic N) is 2. The van der Waals surface area contributed by atoms with Crippen molar-refractivity contribution >= 4 is 37.3 Å². The summed E-state index contributed by atoms with van der Waals surface area (Å²) in [6.07, 6.45) is 3.71. The molecular weight excluding hydrogens is 538 g/mol. The van der Waals surface area contributed by atoms with Crippen LogP contribution in [0.4, 0.5) is 11.4 Å². The summed E-state index contributed by atoms with van der Waals surface area (Å²) in [6.45, 7) is 2.26. The van der Waals surface area contributed by atoms with Crippen molar-refractivity contribution in [1.82, 2.24) is 4.31 Å². The molecule has 0 aromatic heterocycles. The van der Waals surface area contributed by atoms with Crippen LogP contribution in [0.3, 0.4) is 0 Å². The normalized spacial score (nSPS) is 14.8. The number of anilines is 2. The molecule has 11 heteroatoms. The minimum Gasteiger partial charge on any atom is -0.496 e. The average Bonchev–Trinajstić information content (AvgIpc) is 3.23. The Balaban J connectivity index is 1.53. The van der Waals surface area contributed by atoms with E-state index in [1.54, 1.807) is 43.3 Å². The summed E-state index contributed by atoms with van der Waals surface area (Å²) < 4.78 is 61.2. The topological polar surface area (TPSA) is 113 Å². The zero-order chi connectivity index (χ0) is 28.0. The van der Waals surface area contributed by atoms with E-state index in [1.807, 2.05) is 0 Å². The number of ether oxygens (including phenoxy) is 1. The highest BCUT2D eigenvalue weighted by atomic mass is 32.2. The van der Waals surface area contributed by atoms with Gasteiger partial charge in [0.25, 0.3) is 10.0 Å². The lowest BCUT2D eigenvalue weighted by molar-refractivity contribution is -0.114. The maximum Gasteiger partial charge on any atom is 0.264 e. The van der Waals surface area contributed by atoms with Crippen LogP contribution in [-0.2, 0) is 24.8 Å². The molecule has 1 aliphatic rings. The fraction of sp³-hybridized carbons (Fsp3) is 0.321. The maximum absolute atomic E-state index is 13.6. The van der Waals surface area contributed by atoms with E-state index in [0.29, 0.717) is 35.8 Å². The Morgan fingerprint density at radius 2 is 1.49 bits per heavy atom. The molecule has 3 aromatic carbocycles. The molecule has 0 radical (unpaired) electrons. The molecule has 1 saturated heterocycles. The molecule has 0 aliphatic carbocycles. The van der Waals surface area contributed by atoms with Crippen molar-refractivity contribution in [3.63, 3.8) is 0 Å². The first-order chi connectivity index (χ1) is 18.6. The summed E-state index contributed by atoms with van der Waals surface area (Å²) in [7, 11) is -6.21. The van der Waals surface area contributed by atoms with Crippen LogP contribution in [0.5, 0.6) is 5.75 Å². The van der Waals surface area contributed by atoms with E-state index < -0.39 is 32.5 Å². The number of hydrogen-bond acceptors (Lipinski definition) is 6. The minimum absolute atomic E-state index is 0.0283. The van der Waals surface area contributed by atoms with Crippen LogP contribution >= 0.6 is 0 Å². The molecule has 4 rings (SSSR count). The van der Waals surface area contributed by atoms with Gasteiger partial charge in [0.15, 0.2) is 0 Å². The lowest BCUT2D eigenvalue weighted by Gasteiger charge is -2.24. The maximum atomic E-state index is 13.6. The first-order valence-corrected chi connectivity index (χ1v) is 15.6. The zero-order valence-corrected chi connectivity index (χ0v) is 23.7. The number of benzene rings is 3. The lowest BCUT2D eigenvalue weighted by atomic mass is 10.2. The van der Waals surface area contributed by atoms with Gasteiger partial charge in [0.05, 0.1) is 22.6 Å². The molecular formula is C28H33N3O6S2. The van der Waals surface area contributed by atoms with Crippen LogP contribution in [-0.4, -0.2) is 53.8 Å². The van der Waals surface area contributed by atoms with Crippen LogP contribution in [0, 0.1) is 6.92 Å². The molecule has 0 saturated carbocycles. The second-order valence-electron chi connectivity index (χ2n) is 9.37. The summed E-state index contributed by atoms with van der Waals surface area (Å²) >= 11 is 0. The molecule has 0 spiro atoms. The van der Waals surface area contributed by atoms with Gasteiger partial charge in [0, 0.05) is 18.8 Å². The Labute approximate surface area is 230 Å². The number of amides is 1. The first-order valence-electron chi connectivity index (χ1n) is 12.8. The van der Waals surface area contributed by atoms with Crippen molar-refractivity contribution in [1.29, 1.82) is 0 Å². The summed E-state index contributed by atoms with van der Waals surface area (Å²) in [5.41, 5.74) is 1.34. The SMILES string of the molecule is COc1ccc(S(=O)(=O)N(CC(=O)Nc2ccc(S(=O)(=O)N3CCCCCC3)cc2)c2ccccc2)cc1C. The molecule has 1 aliphatic heterocycles.